The summed E-state index contributed by atoms with van der Waals surface area (Å²) < 4.78 is 13.5. The van der Waals surface area contributed by atoms with Crippen LogP contribution in [0.3, 0.4) is 0 Å². The molecule has 2 rings (SSSR count). The third-order valence-electron chi connectivity index (χ3n) is 2.73. The number of hydrogen-bond acceptors (Lipinski definition) is 4. The lowest BCUT2D eigenvalue weighted by atomic mass is 10.2. The first-order valence-electron chi connectivity index (χ1n) is 5.79. The summed E-state index contributed by atoms with van der Waals surface area (Å²) in [4.78, 5) is 14.3. The Morgan fingerprint density at radius 1 is 1.40 bits per heavy atom. The zero-order valence-electron chi connectivity index (χ0n) is 10.5. The molecule has 20 heavy (non-hydrogen) atoms. The Morgan fingerprint density at radius 2 is 2.15 bits per heavy atom. The average molecular weight is 340 g/mol. The highest BCUT2D eigenvalue weighted by Crippen LogP contribution is 2.29. The number of aromatic nitrogens is 1. The molecular weight excluding hydrogens is 329 g/mol. The lowest BCUT2D eigenvalue weighted by Crippen LogP contribution is -2.09. The lowest BCUT2D eigenvalue weighted by molar-refractivity contribution is -0.384. The van der Waals surface area contributed by atoms with E-state index in [0.29, 0.717) is 15.9 Å². The Bertz CT molecular complexity index is 634. The SMILES string of the molecule is CC(Nc1cc([N+](=O)[O-])ccc1Br)c1ccc(F)cn1. The number of rotatable bonds is 4. The molecule has 1 aromatic carbocycles. The highest BCUT2D eigenvalue weighted by molar-refractivity contribution is 9.10. The van der Waals surface area contributed by atoms with Crippen molar-refractivity contribution in [2.45, 2.75) is 13.0 Å². The van der Waals surface area contributed by atoms with E-state index < -0.39 is 10.7 Å². The predicted molar refractivity (Wildman–Crippen MR) is 77.0 cm³/mol. The summed E-state index contributed by atoms with van der Waals surface area (Å²) in [7, 11) is 0. The largest absolute Gasteiger partial charge is 0.376 e. The highest BCUT2D eigenvalue weighted by atomic mass is 79.9. The van der Waals surface area contributed by atoms with Crippen LogP contribution in [0, 0.1) is 15.9 Å². The second kappa shape index (κ2) is 5.96. The summed E-state index contributed by atoms with van der Waals surface area (Å²) in [5.74, 6) is -0.405. The fraction of sp³-hybridized carbons (Fsp3) is 0.154. The molecule has 0 fully saturated rings. The van der Waals surface area contributed by atoms with E-state index in [2.05, 4.69) is 26.2 Å². The molecular formula is C13H11BrFN3O2. The minimum Gasteiger partial charge on any atom is -0.376 e. The Hall–Kier alpha value is -2.02. The predicted octanol–water partition coefficient (Wildman–Crippen LogP) is 4.06. The molecule has 5 nitrogen and oxygen atoms in total. The van der Waals surface area contributed by atoms with Gasteiger partial charge in [0.05, 0.1) is 28.5 Å². The van der Waals surface area contributed by atoms with Gasteiger partial charge in [0.15, 0.2) is 0 Å². The van der Waals surface area contributed by atoms with Gasteiger partial charge in [-0.05, 0) is 41.1 Å². The molecule has 104 valence electrons. The first-order chi connectivity index (χ1) is 9.47. The highest BCUT2D eigenvalue weighted by Gasteiger charge is 2.13. The van der Waals surface area contributed by atoms with Gasteiger partial charge in [0.2, 0.25) is 0 Å². The van der Waals surface area contributed by atoms with Crippen molar-refractivity contribution < 1.29 is 9.31 Å². The fourth-order valence-electron chi connectivity index (χ4n) is 1.69. The molecule has 2 aromatic rings. The van der Waals surface area contributed by atoms with E-state index in [0.717, 1.165) is 6.20 Å². The lowest BCUT2D eigenvalue weighted by Gasteiger charge is -2.15. The Morgan fingerprint density at radius 3 is 2.75 bits per heavy atom. The Labute approximate surface area is 123 Å². The number of non-ortho nitro benzene ring substituents is 1. The average Bonchev–Trinajstić information content (AvgIpc) is 2.41. The zero-order chi connectivity index (χ0) is 14.7. The molecule has 0 amide bonds. The quantitative estimate of drug-likeness (QED) is 0.673. The van der Waals surface area contributed by atoms with Crippen molar-refractivity contribution in [1.29, 1.82) is 0 Å². The number of hydrogen-bond donors (Lipinski definition) is 1. The number of nitro benzene ring substituents is 1. The number of anilines is 1. The first kappa shape index (κ1) is 14.4. The van der Waals surface area contributed by atoms with Crippen LogP contribution in [-0.2, 0) is 0 Å². The number of halogens is 2. The third-order valence-corrected chi connectivity index (χ3v) is 3.42. The number of nitro groups is 1. The van der Waals surface area contributed by atoms with E-state index in [-0.39, 0.29) is 11.7 Å². The smallest absolute Gasteiger partial charge is 0.271 e. The van der Waals surface area contributed by atoms with Crippen molar-refractivity contribution in [1.82, 2.24) is 4.98 Å². The van der Waals surface area contributed by atoms with Crippen LogP contribution in [0.25, 0.3) is 0 Å². The summed E-state index contributed by atoms with van der Waals surface area (Å²) in [5.41, 5.74) is 1.22. The number of nitrogens with one attached hydrogen (secondary N) is 1. The molecule has 1 heterocycles. The van der Waals surface area contributed by atoms with Crippen LogP contribution in [0.15, 0.2) is 41.0 Å². The van der Waals surface area contributed by atoms with Crippen molar-refractivity contribution in [3.63, 3.8) is 0 Å². The molecule has 0 saturated carbocycles. The van der Waals surface area contributed by atoms with Crippen LogP contribution < -0.4 is 5.32 Å². The van der Waals surface area contributed by atoms with Crippen LogP contribution in [0.2, 0.25) is 0 Å². The molecule has 0 saturated heterocycles. The molecule has 1 unspecified atom stereocenters. The van der Waals surface area contributed by atoms with Gasteiger partial charge in [-0.2, -0.15) is 0 Å². The minimum atomic E-state index is -0.460. The molecule has 1 N–H and O–H groups in total. The third kappa shape index (κ3) is 3.30. The van der Waals surface area contributed by atoms with Gasteiger partial charge in [0, 0.05) is 16.6 Å². The van der Waals surface area contributed by atoms with Gasteiger partial charge in [-0.15, -0.1) is 0 Å². The summed E-state index contributed by atoms with van der Waals surface area (Å²) in [6.07, 6.45) is 1.13. The van der Waals surface area contributed by atoms with Crippen LogP contribution in [0.4, 0.5) is 15.8 Å². The van der Waals surface area contributed by atoms with E-state index in [1.807, 2.05) is 6.92 Å². The van der Waals surface area contributed by atoms with Crippen molar-refractivity contribution in [2.24, 2.45) is 0 Å². The van der Waals surface area contributed by atoms with Gasteiger partial charge in [-0.3, -0.25) is 15.1 Å². The van der Waals surface area contributed by atoms with Gasteiger partial charge in [0.1, 0.15) is 5.82 Å². The molecule has 7 heteroatoms. The van der Waals surface area contributed by atoms with E-state index in [1.54, 1.807) is 12.1 Å². The zero-order valence-corrected chi connectivity index (χ0v) is 12.1. The summed E-state index contributed by atoms with van der Waals surface area (Å²) >= 11 is 3.33. The van der Waals surface area contributed by atoms with Crippen molar-refractivity contribution >= 4 is 27.3 Å². The minimum absolute atomic E-state index is 0.00466. The molecule has 0 aliphatic carbocycles. The van der Waals surface area contributed by atoms with E-state index in [4.69, 9.17) is 0 Å². The second-order valence-electron chi connectivity index (χ2n) is 4.19. The monoisotopic (exact) mass is 339 g/mol. The van der Waals surface area contributed by atoms with E-state index in [1.165, 1.54) is 18.2 Å². The number of pyridine rings is 1. The molecule has 1 atom stereocenters. The van der Waals surface area contributed by atoms with Crippen LogP contribution in [0.1, 0.15) is 18.7 Å². The van der Waals surface area contributed by atoms with Gasteiger partial charge in [-0.25, -0.2) is 4.39 Å². The van der Waals surface area contributed by atoms with Gasteiger partial charge in [0.25, 0.3) is 5.69 Å². The standard InChI is InChI=1S/C13H11BrFN3O2/c1-8(12-5-2-9(15)7-16-12)17-13-6-10(18(19)20)3-4-11(13)14/h2-8,17H,1H3. The molecule has 0 aliphatic heterocycles. The van der Waals surface area contributed by atoms with Crippen molar-refractivity contribution in [3.05, 3.63) is 62.6 Å². The van der Waals surface area contributed by atoms with Crippen molar-refractivity contribution in [3.8, 4) is 0 Å². The summed E-state index contributed by atoms with van der Waals surface area (Å²) in [6, 6.07) is 7.13. The molecule has 0 spiro atoms. The number of nitrogens with zero attached hydrogens (tertiary/aromatic N) is 2. The maximum Gasteiger partial charge on any atom is 0.271 e. The molecule has 0 aliphatic rings. The van der Waals surface area contributed by atoms with Gasteiger partial charge >= 0.3 is 0 Å². The molecule has 1 aromatic heterocycles. The fourth-order valence-corrected chi connectivity index (χ4v) is 2.05. The normalized spacial score (nSPS) is 11.9. The maximum absolute atomic E-state index is 12.8. The summed E-state index contributed by atoms with van der Waals surface area (Å²) in [6.45, 7) is 1.84. The van der Waals surface area contributed by atoms with Gasteiger partial charge in [-0.1, -0.05) is 0 Å². The van der Waals surface area contributed by atoms with Crippen molar-refractivity contribution in [2.75, 3.05) is 5.32 Å². The summed E-state index contributed by atoms with van der Waals surface area (Å²) in [5, 5.41) is 13.9. The van der Waals surface area contributed by atoms with Crippen LogP contribution in [0.5, 0.6) is 0 Å². The van der Waals surface area contributed by atoms with Crippen LogP contribution >= 0.6 is 15.9 Å². The van der Waals surface area contributed by atoms with Crippen LogP contribution in [-0.4, -0.2) is 9.91 Å². The van der Waals surface area contributed by atoms with E-state index >= 15 is 0 Å². The number of benzene rings is 1. The van der Waals surface area contributed by atoms with E-state index in [9.17, 15) is 14.5 Å². The topological polar surface area (TPSA) is 68.1 Å². The molecule has 0 bridgehead atoms. The first-order valence-corrected chi connectivity index (χ1v) is 6.58. The maximum atomic E-state index is 12.8. The Kier molecular flexibility index (Phi) is 4.29. The van der Waals surface area contributed by atoms with Gasteiger partial charge < -0.3 is 5.32 Å². The Balaban J connectivity index is 2.22. The molecule has 0 radical (unpaired) electrons. The second-order valence-corrected chi connectivity index (χ2v) is 5.04.